The van der Waals surface area contributed by atoms with E-state index in [1.807, 2.05) is 0 Å². The Balaban J connectivity index is 1.97. The Hall–Kier alpha value is -2.68. The van der Waals surface area contributed by atoms with Crippen molar-refractivity contribution in [1.29, 1.82) is 0 Å². The van der Waals surface area contributed by atoms with E-state index in [1.54, 1.807) is 4.68 Å². The highest BCUT2D eigenvalue weighted by atomic mass is 35.5. The maximum atomic E-state index is 11.3. The predicted molar refractivity (Wildman–Crippen MR) is 73.8 cm³/mol. The summed E-state index contributed by atoms with van der Waals surface area (Å²) in [6, 6.07) is 0. The van der Waals surface area contributed by atoms with Crippen LogP contribution in [0, 0.1) is 0 Å². The van der Waals surface area contributed by atoms with E-state index in [9.17, 15) is 4.79 Å². The van der Waals surface area contributed by atoms with Crippen molar-refractivity contribution in [3.8, 4) is 5.88 Å². The van der Waals surface area contributed by atoms with Gasteiger partial charge in [0.15, 0.2) is 0 Å². The van der Waals surface area contributed by atoms with Crippen molar-refractivity contribution in [2.45, 2.75) is 6.54 Å². The molecule has 0 saturated heterocycles. The Morgan fingerprint density at radius 3 is 2.91 bits per heavy atom. The van der Waals surface area contributed by atoms with Gasteiger partial charge in [-0.25, -0.2) is 14.8 Å². The summed E-state index contributed by atoms with van der Waals surface area (Å²) >= 11 is 5.81. The largest absolute Gasteiger partial charge is 0.479 e. The zero-order chi connectivity index (χ0) is 15.7. The lowest BCUT2D eigenvalue weighted by Gasteiger charge is -2.04. The van der Waals surface area contributed by atoms with E-state index in [4.69, 9.17) is 20.8 Å². The van der Waals surface area contributed by atoms with Gasteiger partial charge in [-0.15, -0.1) is 0 Å². The van der Waals surface area contributed by atoms with Crippen LogP contribution in [0.2, 0.25) is 5.28 Å². The molecule has 0 spiro atoms. The number of esters is 1. The van der Waals surface area contributed by atoms with Gasteiger partial charge in [0.25, 0.3) is 0 Å². The van der Waals surface area contributed by atoms with Crippen LogP contribution in [0.3, 0.4) is 0 Å². The average molecular weight is 324 g/mol. The van der Waals surface area contributed by atoms with Gasteiger partial charge in [0, 0.05) is 0 Å². The first-order chi connectivity index (χ1) is 10.6. The lowest BCUT2D eigenvalue weighted by Crippen LogP contribution is -2.06. The molecule has 0 amide bonds. The van der Waals surface area contributed by atoms with E-state index in [2.05, 4.69) is 24.8 Å². The molecule has 0 saturated carbocycles. The van der Waals surface area contributed by atoms with E-state index in [1.165, 1.54) is 26.7 Å². The summed E-state index contributed by atoms with van der Waals surface area (Å²) in [5, 5.41) is 4.26. The van der Waals surface area contributed by atoms with Crippen LogP contribution in [0.5, 0.6) is 5.88 Å². The van der Waals surface area contributed by atoms with E-state index >= 15 is 0 Å². The van der Waals surface area contributed by atoms with Crippen molar-refractivity contribution < 1.29 is 18.7 Å². The molecule has 22 heavy (non-hydrogen) atoms. The highest BCUT2D eigenvalue weighted by Gasteiger charge is 2.17. The molecule has 0 aromatic carbocycles. The second-order valence-corrected chi connectivity index (χ2v) is 4.51. The molecule has 0 aliphatic rings. The van der Waals surface area contributed by atoms with Gasteiger partial charge in [0.2, 0.25) is 11.2 Å². The Kier molecular flexibility index (Phi) is 3.63. The number of fused-ring (bicyclic) bond motifs is 1. The first-order valence-corrected chi connectivity index (χ1v) is 6.46. The topological polar surface area (TPSA) is 105 Å². The number of halogens is 1. The van der Waals surface area contributed by atoms with E-state index in [0.29, 0.717) is 22.6 Å². The van der Waals surface area contributed by atoms with Crippen molar-refractivity contribution >= 4 is 28.6 Å². The van der Waals surface area contributed by atoms with Crippen LogP contribution in [-0.4, -0.2) is 44.9 Å². The quantitative estimate of drug-likeness (QED) is 0.522. The number of aromatic nitrogens is 5. The summed E-state index contributed by atoms with van der Waals surface area (Å²) in [5.74, 6) is -0.478. The third-order valence-corrected chi connectivity index (χ3v) is 3.02. The Labute approximate surface area is 128 Å². The molecule has 0 aliphatic heterocycles. The van der Waals surface area contributed by atoms with Gasteiger partial charge in [0.1, 0.15) is 23.0 Å². The van der Waals surface area contributed by atoms with E-state index in [0.717, 1.165) is 0 Å². The first-order valence-electron chi connectivity index (χ1n) is 6.08. The van der Waals surface area contributed by atoms with Crippen LogP contribution in [-0.2, 0) is 11.3 Å². The van der Waals surface area contributed by atoms with E-state index in [-0.39, 0.29) is 17.7 Å². The predicted octanol–water partition coefficient (Wildman–Crippen LogP) is 1.31. The monoisotopic (exact) mass is 323 g/mol. The minimum Gasteiger partial charge on any atom is -0.479 e. The molecule has 0 bridgehead atoms. The fourth-order valence-corrected chi connectivity index (χ4v) is 2.08. The molecule has 3 rings (SSSR count). The summed E-state index contributed by atoms with van der Waals surface area (Å²) in [4.78, 5) is 23.4. The molecule has 0 radical (unpaired) electrons. The number of ether oxygens (including phenoxy) is 2. The van der Waals surface area contributed by atoms with Gasteiger partial charge in [-0.3, -0.25) is 4.68 Å². The standard InChI is InChI=1S/C12H10ClN5O4/c1-20-9-8-7(16-12(13)17-9)3-14-18(8)4-6-5-22-10(15-6)11(19)21-2/h3,5H,4H2,1-2H3. The molecule has 0 fully saturated rings. The molecule has 3 aromatic rings. The normalized spacial score (nSPS) is 10.9. The minimum atomic E-state index is -0.649. The van der Waals surface area contributed by atoms with Gasteiger partial charge >= 0.3 is 11.9 Å². The Morgan fingerprint density at radius 2 is 2.18 bits per heavy atom. The number of methoxy groups -OCH3 is 2. The molecule has 3 heterocycles. The second kappa shape index (κ2) is 5.60. The fourth-order valence-electron chi connectivity index (χ4n) is 1.91. The highest BCUT2D eigenvalue weighted by molar-refractivity contribution is 6.28. The lowest BCUT2D eigenvalue weighted by molar-refractivity contribution is 0.0556. The van der Waals surface area contributed by atoms with E-state index < -0.39 is 5.97 Å². The molecule has 0 N–H and O–H groups in total. The zero-order valence-corrected chi connectivity index (χ0v) is 12.4. The zero-order valence-electron chi connectivity index (χ0n) is 11.6. The molecule has 3 aromatic heterocycles. The molecule has 10 heteroatoms. The summed E-state index contributed by atoms with van der Waals surface area (Å²) in [7, 11) is 2.72. The van der Waals surface area contributed by atoms with Gasteiger partial charge in [-0.2, -0.15) is 10.1 Å². The highest BCUT2D eigenvalue weighted by Crippen LogP contribution is 2.24. The van der Waals surface area contributed by atoms with Crippen LogP contribution in [0.25, 0.3) is 11.0 Å². The average Bonchev–Trinajstić information content (AvgIpc) is 3.13. The van der Waals surface area contributed by atoms with Crippen molar-refractivity contribution in [3.63, 3.8) is 0 Å². The number of carbonyl (C=O) groups excluding carboxylic acids is 1. The van der Waals surface area contributed by atoms with Gasteiger partial charge in [-0.1, -0.05) is 0 Å². The van der Waals surface area contributed by atoms with Crippen molar-refractivity contribution in [2.75, 3.05) is 14.2 Å². The van der Waals surface area contributed by atoms with Crippen LogP contribution < -0.4 is 4.74 Å². The van der Waals surface area contributed by atoms with Crippen LogP contribution in [0.4, 0.5) is 0 Å². The smallest absolute Gasteiger partial charge is 0.394 e. The third kappa shape index (κ3) is 2.46. The van der Waals surface area contributed by atoms with Crippen molar-refractivity contribution in [3.05, 3.63) is 29.3 Å². The third-order valence-electron chi connectivity index (χ3n) is 2.85. The molecule has 0 aliphatic carbocycles. The van der Waals surface area contributed by atoms with Crippen molar-refractivity contribution in [2.24, 2.45) is 0 Å². The molecular formula is C12H10ClN5O4. The maximum absolute atomic E-state index is 11.3. The molecular weight excluding hydrogens is 314 g/mol. The maximum Gasteiger partial charge on any atom is 0.394 e. The number of hydrogen-bond acceptors (Lipinski definition) is 8. The summed E-state index contributed by atoms with van der Waals surface area (Å²) in [6.07, 6.45) is 2.88. The number of carbonyl (C=O) groups is 1. The van der Waals surface area contributed by atoms with Gasteiger partial charge in [-0.05, 0) is 11.6 Å². The first kappa shape index (κ1) is 14.3. The number of rotatable bonds is 4. The van der Waals surface area contributed by atoms with Gasteiger partial charge < -0.3 is 13.9 Å². The summed E-state index contributed by atoms with van der Waals surface area (Å²) < 4.78 is 16.3. The Morgan fingerprint density at radius 1 is 1.36 bits per heavy atom. The Bertz CT molecular complexity index is 843. The van der Waals surface area contributed by atoms with Crippen LogP contribution in [0.1, 0.15) is 16.4 Å². The van der Waals surface area contributed by atoms with Crippen LogP contribution >= 0.6 is 11.6 Å². The summed E-state index contributed by atoms with van der Waals surface area (Å²) in [6.45, 7) is 0.241. The minimum absolute atomic E-state index is 0.0679. The second-order valence-electron chi connectivity index (χ2n) is 4.17. The fraction of sp³-hybridized carbons (Fsp3) is 0.250. The molecule has 0 atom stereocenters. The number of hydrogen-bond donors (Lipinski definition) is 0. The lowest BCUT2D eigenvalue weighted by atomic mass is 10.4. The molecule has 114 valence electrons. The molecule has 9 nitrogen and oxygen atoms in total. The van der Waals surface area contributed by atoms with Crippen LogP contribution in [0.15, 0.2) is 16.9 Å². The number of oxazole rings is 1. The summed E-state index contributed by atoms with van der Waals surface area (Å²) in [5.41, 5.74) is 1.59. The number of nitrogens with zero attached hydrogens (tertiary/aromatic N) is 5. The van der Waals surface area contributed by atoms with Crippen molar-refractivity contribution in [1.82, 2.24) is 24.7 Å². The SMILES string of the molecule is COC(=O)c1nc(Cn2ncc3nc(Cl)nc(OC)c32)co1. The van der Waals surface area contributed by atoms with Gasteiger partial charge in [0.05, 0.1) is 27.0 Å². The molecule has 0 unspecified atom stereocenters.